The van der Waals surface area contributed by atoms with E-state index in [9.17, 15) is 0 Å². The van der Waals surface area contributed by atoms with Gasteiger partial charge in [0.15, 0.2) is 6.61 Å². The molecular weight excluding hydrogens is 100 g/mol. The first-order valence-electron chi connectivity index (χ1n) is 3.26. The minimum Gasteiger partial charge on any atom is -0.442 e. The van der Waals surface area contributed by atoms with Crippen LogP contribution in [0.15, 0.2) is 11.6 Å². The van der Waals surface area contributed by atoms with Crippen LogP contribution >= 0.6 is 0 Å². The highest BCUT2D eigenvalue weighted by atomic mass is 16.3. The summed E-state index contributed by atoms with van der Waals surface area (Å²) in [5, 5.41) is 7.03. The maximum Gasteiger partial charge on any atom is 0.165 e. The SMILES string of the molecule is [OH2+]CC1=CCCCC1. The summed E-state index contributed by atoms with van der Waals surface area (Å²) in [5.74, 6) is 0. The van der Waals surface area contributed by atoms with Crippen LogP contribution in [-0.4, -0.2) is 11.7 Å². The van der Waals surface area contributed by atoms with Crippen LogP contribution in [-0.2, 0) is 0 Å². The predicted molar refractivity (Wildman–Crippen MR) is 35.0 cm³/mol. The van der Waals surface area contributed by atoms with E-state index in [1.807, 2.05) is 0 Å². The van der Waals surface area contributed by atoms with Crippen molar-refractivity contribution in [2.75, 3.05) is 6.61 Å². The van der Waals surface area contributed by atoms with E-state index >= 15 is 0 Å². The van der Waals surface area contributed by atoms with Gasteiger partial charge in [-0.2, -0.15) is 0 Å². The van der Waals surface area contributed by atoms with Gasteiger partial charge in [-0.1, -0.05) is 6.08 Å². The first-order valence-corrected chi connectivity index (χ1v) is 3.26. The zero-order chi connectivity index (χ0) is 5.82. The highest BCUT2D eigenvalue weighted by Crippen LogP contribution is 2.15. The fraction of sp³-hybridized carbons (Fsp3) is 0.714. The van der Waals surface area contributed by atoms with Crippen molar-refractivity contribution in [2.24, 2.45) is 0 Å². The summed E-state index contributed by atoms with van der Waals surface area (Å²) in [6, 6.07) is 0. The smallest absolute Gasteiger partial charge is 0.165 e. The fourth-order valence-electron chi connectivity index (χ4n) is 1.07. The van der Waals surface area contributed by atoms with E-state index in [0.29, 0.717) is 6.61 Å². The molecule has 0 saturated carbocycles. The van der Waals surface area contributed by atoms with Crippen LogP contribution in [0.2, 0.25) is 0 Å². The molecule has 1 nitrogen and oxygen atoms in total. The molecule has 46 valence electrons. The van der Waals surface area contributed by atoms with E-state index in [2.05, 4.69) is 6.08 Å². The number of hydrogen-bond acceptors (Lipinski definition) is 0. The molecule has 0 aromatic carbocycles. The van der Waals surface area contributed by atoms with Gasteiger partial charge in [-0.25, -0.2) is 0 Å². The largest absolute Gasteiger partial charge is 0.442 e. The Labute approximate surface area is 50.0 Å². The lowest BCUT2D eigenvalue weighted by molar-refractivity contribution is 0.323. The van der Waals surface area contributed by atoms with Crippen LogP contribution in [0.1, 0.15) is 25.7 Å². The molecule has 0 aromatic rings. The Kier molecular flexibility index (Phi) is 2.10. The minimum atomic E-state index is 0.528. The average molecular weight is 113 g/mol. The van der Waals surface area contributed by atoms with Crippen molar-refractivity contribution in [1.82, 2.24) is 0 Å². The molecule has 0 amide bonds. The van der Waals surface area contributed by atoms with Crippen LogP contribution < -0.4 is 0 Å². The maximum absolute atomic E-state index is 7.03. The summed E-state index contributed by atoms with van der Waals surface area (Å²) in [5.41, 5.74) is 1.34. The fourth-order valence-corrected chi connectivity index (χ4v) is 1.07. The molecule has 8 heavy (non-hydrogen) atoms. The van der Waals surface area contributed by atoms with Gasteiger partial charge in [0.05, 0.1) is 0 Å². The standard InChI is InChI=1S/C7H12O/c8-6-7-4-2-1-3-5-7/h4,8H,1-3,5-6H2/p+1. The third-order valence-corrected chi connectivity index (χ3v) is 1.61. The molecule has 0 saturated heterocycles. The highest BCUT2D eigenvalue weighted by Gasteiger charge is 2.02. The molecule has 0 atom stereocenters. The van der Waals surface area contributed by atoms with Gasteiger partial charge in [0.25, 0.3) is 0 Å². The lowest BCUT2D eigenvalue weighted by atomic mass is 10.0. The zero-order valence-corrected chi connectivity index (χ0v) is 5.11. The maximum atomic E-state index is 7.03. The second-order valence-electron chi connectivity index (χ2n) is 2.28. The molecule has 1 aliphatic carbocycles. The quantitative estimate of drug-likeness (QED) is 0.360. The van der Waals surface area contributed by atoms with Crippen molar-refractivity contribution in [3.05, 3.63) is 11.6 Å². The number of allylic oxidation sites excluding steroid dienone is 1. The molecular formula is C7H13O+. The summed E-state index contributed by atoms with van der Waals surface area (Å²) in [6.07, 6.45) is 7.27. The molecule has 0 spiro atoms. The average Bonchev–Trinajstić information content (AvgIpc) is 1.90. The van der Waals surface area contributed by atoms with Gasteiger partial charge in [0, 0.05) is 5.57 Å². The molecule has 1 aliphatic rings. The second-order valence-corrected chi connectivity index (χ2v) is 2.28. The minimum absolute atomic E-state index is 0.528. The molecule has 0 bridgehead atoms. The molecule has 0 fully saturated rings. The van der Waals surface area contributed by atoms with Gasteiger partial charge in [-0.15, -0.1) is 0 Å². The van der Waals surface area contributed by atoms with E-state index < -0.39 is 0 Å². The van der Waals surface area contributed by atoms with E-state index in [0.717, 1.165) is 0 Å². The first-order chi connectivity index (χ1) is 3.93. The van der Waals surface area contributed by atoms with Crippen LogP contribution in [0, 0.1) is 0 Å². The van der Waals surface area contributed by atoms with E-state index in [-0.39, 0.29) is 0 Å². The predicted octanol–water partition coefficient (Wildman–Crippen LogP) is 1.21. The van der Waals surface area contributed by atoms with Crippen LogP contribution in [0.3, 0.4) is 0 Å². The highest BCUT2D eigenvalue weighted by molar-refractivity contribution is 5.04. The Hall–Kier alpha value is -0.300. The molecule has 0 aliphatic heterocycles. The Morgan fingerprint density at radius 1 is 1.50 bits per heavy atom. The van der Waals surface area contributed by atoms with Crippen molar-refractivity contribution in [3.8, 4) is 0 Å². The van der Waals surface area contributed by atoms with Crippen molar-refractivity contribution in [3.63, 3.8) is 0 Å². The van der Waals surface area contributed by atoms with Gasteiger partial charge in [0.2, 0.25) is 0 Å². The summed E-state index contributed by atoms with van der Waals surface area (Å²) in [4.78, 5) is 0. The summed E-state index contributed by atoms with van der Waals surface area (Å²) < 4.78 is 0. The topological polar surface area (TPSA) is 22.9 Å². The molecule has 0 heterocycles. The molecule has 2 N–H and O–H groups in total. The van der Waals surface area contributed by atoms with Crippen molar-refractivity contribution >= 4 is 0 Å². The summed E-state index contributed by atoms with van der Waals surface area (Å²) in [7, 11) is 0. The normalized spacial score (nSPS) is 20.4. The van der Waals surface area contributed by atoms with Crippen LogP contribution in [0.25, 0.3) is 0 Å². The van der Waals surface area contributed by atoms with Gasteiger partial charge >= 0.3 is 0 Å². The molecule has 1 heteroatoms. The molecule has 0 radical (unpaired) electrons. The van der Waals surface area contributed by atoms with Crippen molar-refractivity contribution in [1.29, 1.82) is 0 Å². The van der Waals surface area contributed by atoms with E-state index in [1.165, 1.54) is 31.3 Å². The zero-order valence-electron chi connectivity index (χ0n) is 5.11. The van der Waals surface area contributed by atoms with Crippen LogP contribution in [0.4, 0.5) is 0 Å². The van der Waals surface area contributed by atoms with E-state index in [4.69, 9.17) is 5.11 Å². The Bertz CT molecular complexity index is 94.6. The molecule has 1 rings (SSSR count). The lowest BCUT2D eigenvalue weighted by Gasteiger charge is -2.06. The number of rotatable bonds is 1. The van der Waals surface area contributed by atoms with E-state index in [1.54, 1.807) is 0 Å². The van der Waals surface area contributed by atoms with Gasteiger partial charge in [-0.05, 0) is 25.7 Å². The first kappa shape index (κ1) is 5.83. The summed E-state index contributed by atoms with van der Waals surface area (Å²) in [6.45, 7) is 0.528. The van der Waals surface area contributed by atoms with Crippen molar-refractivity contribution < 1.29 is 5.11 Å². The monoisotopic (exact) mass is 113 g/mol. The second kappa shape index (κ2) is 2.88. The van der Waals surface area contributed by atoms with Crippen LogP contribution in [0.5, 0.6) is 0 Å². The third kappa shape index (κ3) is 1.34. The summed E-state index contributed by atoms with van der Waals surface area (Å²) >= 11 is 0. The number of hydrogen-bond donors (Lipinski definition) is 0. The third-order valence-electron chi connectivity index (χ3n) is 1.61. The van der Waals surface area contributed by atoms with Gasteiger partial charge < -0.3 is 5.11 Å². The molecule has 0 aromatic heterocycles. The Morgan fingerprint density at radius 2 is 2.38 bits per heavy atom. The lowest BCUT2D eigenvalue weighted by Crippen LogP contribution is -1.95. The van der Waals surface area contributed by atoms with Gasteiger partial charge in [-0.3, -0.25) is 0 Å². The Morgan fingerprint density at radius 3 is 2.75 bits per heavy atom. The molecule has 0 unspecified atom stereocenters. The Balaban J connectivity index is 2.37. The van der Waals surface area contributed by atoms with Gasteiger partial charge in [0.1, 0.15) is 0 Å². The van der Waals surface area contributed by atoms with Crippen molar-refractivity contribution in [2.45, 2.75) is 25.7 Å².